The molecule has 1 atom stereocenters. The number of carbonyl (C=O) groups is 4. The van der Waals surface area contributed by atoms with Gasteiger partial charge in [0.05, 0.1) is 6.20 Å². The van der Waals surface area contributed by atoms with Crippen molar-refractivity contribution in [2.24, 2.45) is 7.05 Å². The average molecular weight is 430 g/mol. The largest absolute Gasteiger partial charge is 0.465 e. The lowest BCUT2D eigenvalue weighted by Gasteiger charge is -2.26. The molecule has 0 aliphatic heterocycles. The first-order valence-electron chi connectivity index (χ1n) is 8.58. The van der Waals surface area contributed by atoms with Gasteiger partial charge in [0.25, 0.3) is 0 Å². The Morgan fingerprint density at radius 1 is 1.20 bits per heavy atom. The molecule has 0 fully saturated rings. The van der Waals surface area contributed by atoms with Crippen molar-refractivity contribution in [2.45, 2.75) is 38.7 Å². The van der Waals surface area contributed by atoms with Gasteiger partial charge in [-0.15, -0.1) is 0 Å². The highest BCUT2D eigenvalue weighted by atomic mass is 16.6. The summed E-state index contributed by atoms with van der Waals surface area (Å²) in [7, 11) is 1.55. The molecule has 30 heavy (non-hydrogen) atoms. The maximum Gasteiger partial charge on any atom is 0.407 e. The van der Waals surface area contributed by atoms with E-state index in [0.29, 0.717) is 0 Å². The van der Waals surface area contributed by atoms with Crippen LogP contribution >= 0.6 is 0 Å². The molecule has 15 heteroatoms. The van der Waals surface area contributed by atoms with Crippen LogP contribution in [0.3, 0.4) is 0 Å². The van der Waals surface area contributed by atoms with E-state index in [1.165, 1.54) is 10.9 Å². The number of amides is 4. The average Bonchev–Trinajstić information content (AvgIpc) is 2.87. The molecule has 1 aromatic rings. The van der Waals surface area contributed by atoms with E-state index in [9.17, 15) is 19.2 Å². The fourth-order valence-electron chi connectivity index (χ4n) is 2.06. The van der Waals surface area contributed by atoms with E-state index < -0.39 is 42.1 Å². The Hall–Kier alpha value is -3.75. The minimum atomic E-state index is -1.57. The van der Waals surface area contributed by atoms with E-state index in [1.54, 1.807) is 27.8 Å². The molecule has 0 radical (unpaired) electrons. The van der Waals surface area contributed by atoms with Crippen LogP contribution in [0.15, 0.2) is 6.20 Å². The molecule has 0 aliphatic rings. The quantitative estimate of drug-likeness (QED) is 0.241. The topological polar surface area (TPSA) is 222 Å². The van der Waals surface area contributed by atoms with E-state index in [2.05, 4.69) is 21.0 Å². The van der Waals surface area contributed by atoms with Crippen molar-refractivity contribution in [1.82, 2.24) is 31.0 Å². The molecule has 4 amide bonds. The van der Waals surface area contributed by atoms with Gasteiger partial charge in [0.1, 0.15) is 23.1 Å². The normalized spacial score (nSPS) is 12.0. The van der Waals surface area contributed by atoms with Gasteiger partial charge < -0.3 is 31.3 Å². The number of alkyl carbamates (subject to hydrolysis) is 1. The first-order chi connectivity index (χ1) is 13.8. The van der Waals surface area contributed by atoms with E-state index in [1.807, 2.05) is 10.6 Å². The van der Waals surface area contributed by atoms with Crippen LogP contribution in [0, 0.1) is 0 Å². The van der Waals surface area contributed by atoms with Crippen LogP contribution < -0.4 is 32.3 Å². The molecular weight excluding hydrogens is 404 g/mol. The highest BCUT2D eigenvalue weighted by Gasteiger charge is 2.27. The summed E-state index contributed by atoms with van der Waals surface area (Å²) in [5.74, 6) is -0.610. The first-order valence-corrected chi connectivity index (χ1v) is 8.58. The van der Waals surface area contributed by atoms with Gasteiger partial charge in [-0.25, -0.2) is 14.4 Å². The Labute approximate surface area is 171 Å². The van der Waals surface area contributed by atoms with Gasteiger partial charge in [0, 0.05) is 13.6 Å². The number of carboxylic acid groups (broad SMARTS) is 2. The zero-order valence-corrected chi connectivity index (χ0v) is 16.8. The molecule has 0 saturated heterocycles. The van der Waals surface area contributed by atoms with Gasteiger partial charge in [-0.1, -0.05) is 0 Å². The lowest BCUT2D eigenvalue weighted by molar-refractivity contribution is -0.118. The summed E-state index contributed by atoms with van der Waals surface area (Å²) in [6, 6.07) is -1.30. The lowest BCUT2D eigenvalue weighted by atomic mass is 10.2. The van der Waals surface area contributed by atoms with Crippen LogP contribution in [0.1, 0.15) is 20.8 Å². The van der Waals surface area contributed by atoms with Gasteiger partial charge in [-0.3, -0.25) is 25.4 Å². The third kappa shape index (κ3) is 8.51. The molecular formula is C15H26N8O7. The maximum atomic E-state index is 12.7. The molecule has 0 bridgehead atoms. The first kappa shape index (κ1) is 24.3. The Morgan fingerprint density at radius 2 is 1.77 bits per heavy atom. The predicted molar refractivity (Wildman–Crippen MR) is 104 cm³/mol. The number of hydrogen-bond donors (Lipinski definition) is 8. The van der Waals surface area contributed by atoms with E-state index in [0.717, 1.165) is 0 Å². The van der Waals surface area contributed by atoms with Crippen LogP contribution in [0.25, 0.3) is 0 Å². The van der Waals surface area contributed by atoms with Crippen molar-refractivity contribution >= 4 is 35.7 Å². The third-order valence-corrected chi connectivity index (χ3v) is 3.31. The second kappa shape index (κ2) is 10.1. The van der Waals surface area contributed by atoms with Crippen molar-refractivity contribution < 1.29 is 34.1 Å². The van der Waals surface area contributed by atoms with Crippen molar-refractivity contribution in [3.8, 4) is 0 Å². The summed E-state index contributed by atoms with van der Waals surface area (Å²) in [6.07, 6.45) is -4.23. The number of nitrogens with two attached hydrogens (primary N) is 1. The Bertz CT molecular complexity index is 772. The minimum Gasteiger partial charge on any atom is -0.465 e. The van der Waals surface area contributed by atoms with Crippen LogP contribution in [0.4, 0.5) is 25.9 Å². The Balaban J connectivity index is 2.96. The number of nitrogens with one attached hydrogen (secondary N) is 5. The number of carbonyl (C=O) groups excluding carboxylic acids is 2. The summed E-state index contributed by atoms with van der Waals surface area (Å²) >= 11 is 0. The van der Waals surface area contributed by atoms with E-state index in [-0.39, 0.29) is 18.1 Å². The standard InChI is InChI=1S/C15H26N8O7/c1-15(2,3)30-14(29)17-5-8(20-11(21-12(25)26)22-13(27)28)10(24)19-7-6-18-23(4)9(7)16/h6,8,11,20-22H,5,16H2,1-4H3,(H,17,29)(H,19,24)(H,25,26)(H,27,28)/t8-/m0/s1. The van der Waals surface area contributed by atoms with Crippen molar-refractivity contribution in [3.63, 3.8) is 0 Å². The Morgan fingerprint density at radius 3 is 2.20 bits per heavy atom. The van der Waals surface area contributed by atoms with Crippen LogP contribution in [0.5, 0.6) is 0 Å². The number of hydrogen-bond acceptors (Lipinski definition) is 8. The second-order valence-corrected chi connectivity index (χ2v) is 6.99. The highest BCUT2D eigenvalue weighted by Crippen LogP contribution is 2.16. The number of nitrogens with zero attached hydrogens (tertiary/aromatic N) is 2. The van der Waals surface area contributed by atoms with Gasteiger partial charge >= 0.3 is 18.3 Å². The minimum absolute atomic E-state index is 0.145. The van der Waals surface area contributed by atoms with Gasteiger partial charge in [-0.05, 0) is 20.8 Å². The summed E-state index contributed by atoms with van der Waals surface area (Å²) in [5.41, 5.74) is 5.14. The van der Waals surface area contributed by atoms with Crippen molar-refractivity contribution in [2.75, 3.05) is 17.6 Å². The van der Waals surface area contributed by atoms with Crippen LogP contribution in [-0.2, 0) is 16.6 Å². The molecule has 0 aliphatic carbocycles. The lowest BCUT2D eigenvalue weighted by Crippen LogP contribution is -2.62. The number of anilines is 2. The SMILES string of the molecule is Cn1ncc(NC(=O)[C@H](CNC(=O)OC(C)(C)C)NC(NC(=O)O)NC(=O)O)c1N. The number of aromatic nitrogens is 2. The third-order valence-electron chi connectivity index (χ3n) is 3.31. The highest BCUT2D eigenvalue weighted by molar-refractivity contribution is 5.97. The summed E-state index contributed by atoms with van der Waals surface area (Å²) in [6.45, 7) is 4.55. The van der Waals surface area contributed by atoms with Gasteiger partial charge in [-0.2, -0.15) is 5.10 Å². The Kier molecular flexibility index (Phi) is 8.22. The number of ether oxygens (including phenoxy) is 1. The van der Waals surface area contributed by atoms with E-state index >= 15 is 0 Å². The molecule has 0 spiro atoms. The molecule has 1 aromatic heterocycles. The number of nitrogen functional groups attached to an aromatic ring is 1. The van der Waals surface area contributed by atoms with Crippen molar-refractivity contribution in [1.29, 1.82) is 0 Å². The molecule has 9 N–H and O–H groups in total. The summed E-state index contributed by atoms with van der Waals surface area (Å²) < 4.78 is 6.38. The predicted octanol–water partition coefficient (Wildman–Crippen LogP) is -0.757. The van der Waals surface area contributed by atoms with Crippen LogP contribution in [0.2, 0.25) is 0 Å². The molecule has 1 heterocycles. The summed E-state index contributed by atoms with van der Waals surface area (Å²) in [5, 5.41) is 32.6. The van der Waals surface area contributed by atoms with Crippen molar-refractivity contribution in [3.05, 3.63) is 6.20 Å². The number of aryl methyl sites for hydroxylation is 1. The van der Waals surface area contributed by atoms with Gasteiger partial charge in [0.15, 0.2) is 6.29 Å². The van der Waals surface area contributed by atoms with E-state index in [4.69, 9.17) is 20.7 Å². The fourth-order valence-corrected chi connectivity index (χ4v) is 2.06. The zero-order valence-electron chi connectivity index (χ0n) is 16.8. The molecule has 0 saturated carbocycles. The molecule has 15 nitrogen and oxygen atoms in total. The number of rotatable bonds is 8. The van der Waals surface area contributed by atoms with Gasteiger partial charge in [0.2, 0.25) is 5.91 Å². The molecule has 1 rings (SSSR count). The monoisotopic (exact) mass is 430 g/mol. The molecule has 0 aromatic carbocycles. The molecule has 0 unspecified atom stereocenters. The fraction of sp³-hybridized carbons (Fsp3) is 0.533. The second-order valence-electron chi connectivity index (χ2n) is 6.99. The summed E-state index contributed by atoms with van der Waals surface area (Å²) in [4.78, 5) is 46.4. The maximum absolute atomic E-state index is 12.7. The zero-order chi connectivity index (χ0) is 23.1. The smallest absolute Gasteiger partial charge is 0.407 e. The van der Waals surface area contributed by atoms with Crippen LogP contribution in [-0.4, -0.2) is 68.7 Å². The molecule has 168 valence electrons.